The number of fused-ring (bicyclic) bond motifs is 2. The van der Waals surface area contributed by atoms with Gasteiger partial charge in [0, 0.05) is 42.6 Å². The Bertz CT molecular complexity index is 1190. The van der Waals surface area contributed by atoms with Gasteiger partial charge in [-0.25, -0.2) is 4.79 Å². The van der Waals surface area contributed by atoms with Crippen LogP contribution in [0.1, 0.15) is 56.3 Å². The molecule has 0 spiro atoms. The molecule has 2 bridgehead atoms. The number of ether oxygens (including phenoxy) is 2. The van der Waals surface area contributed by atoms with E-state index in [2.05, 4.69) is 15.7 Å². The zero-order valence-electron chi connectivity index (χ0n) is 20.8. The molecule has 1 saturated heterocycles. The third-order valence-corrected chi connectivity index (χ3v) is 7.91. The Labute approximate surface area is 225 Å². The number of hydrogen-bond donors (Lipinski definition) is 1. The van der Waals surface area contributed by atoms with Crippen LogP contribution in [0.15, 0.2) is 27.8 Å². The third-order valence-electron chi connectivity index (χ3n) is 7.28. The van der Waals surface area contributed by atoms with E-state index in [1.807, 2.05) is 4.90 Å². The molecular weight excluding hydrogens is 519 g/mol. The zero-order valence-corrected chi connectivity index (χ0v) is 22.3. The Hall–Kier alpha value is -2.62. The van der Waals surface area contributed by atoms with E-state index in [9.17, 15) is 9.59 Å². The largest absolute Gasteiger partial charge is 0.461 e. The fraction of sp³-hybridized carbons (Fsp3) is 0.538. The number of nitrogens with zero attached hydrogens (tertiary/aromatic N) is 3. The Morgan fingerprint density at radius 3 is 2.62 bits per heavy atom. The number of nitrogens with one attached hydrogen (secondary N) is 1. The lowest BCUT2D eigenvalue weighted by atomic mass is 10.0. The first-order valence-electron chi connectivity index (χ1n) is 12.7. The molecule has 0 unspecified atom stereocenters. The van der Waals surface area contributed by atoms with Crippen LogP contribution in [-0.2, 0) is 25.7 Å². The molecule has 1 amide bonds. The molecule has 9 nitrogen and oxygen atoms in total. The van der Waals surface area contributed by atoms with Gasteiger partial charge in [0.2, 0.25) is 5.91 Å². The molecule has 3 aliphatic rings. The quantitative estimate of drug-likeness (QED) is 0.263. The SMILES string of the molecule is CCOC(=O)/C(CC(=O)N1C[C@@H]2C[C@H]1C[C@H]2OCc1c(-c2c(Cl)cccc2Cl)noc1C1CC1)=N/NC. The summed E-state index contributed by atoms with van der Waals surface area (Å²) in [5, 5.41) is 9.32. The second-order valence-electron chi connectivity index (χ2n) is 9.71. The first-order chi connectivity index (χ1) is 17.9. The van der Waals surface area contributed by atoms with Gasteiger partial charge in [0.1, 0.15) is 11.5 Å². The number of rotatable bonds is 10. The maximum Gasteiger partial charge on any atom is 0.355 e. The zero-order chi connectivity index (χ0) is 26.1. The fourth-order valence-corrected chi connectivity index (χ4v) is 5.98. The molecule has 2 aromatic rings. The van der Waals surface area contributed by atoms with E-state index < -0.39 is 5.97 Å². The van der Waals surface area contributed by atoms with Crippen molar-refractivity contribution in [2.75, 3.05) is 20.2 Å². The van der Waals surface area contributed by atoms with Gasteiger partial charge in [-0.05, 0) is 44.7 Å². The normalized spacial score (nSPS) is 23.0. The van der Waals surface area contributed by atoms with Crippen LogP contribution in [0.5, 0.6) is 0 Å². The van der Waals surface area contributed by atoms with Crippen molar-refractivity contribution in [3.63, 3.8) is 0 Å². The van der Waals surface area contributed by atoms with Crippen molar-refractivity contribution in [3.8, 4) is 11.3 Å². The molecule has 3 fully saturated rings. The van der Waals surface area contributed by atoms with Gasteiger partial charge < -0.3 is 24.3 Å². The van der Waals surface area contributed by atoms with Crippen LogP contribution in [0.4, 0.5) is 0 Å². The van der Waals surface area contributed by atoms with E-state index in [0.717, 1.165) is 37.0 Å². The summed E-state index contributed by atoms with van der Waals surface area (Å²) in [7, 11) is 1.58. The number of halogens is 2. The van der Waals surface area contributed by atoms with Crippen LogP contribution in [0.3, 0.4) is 0 Å². The van der Waals surface area contributed by atoms with E-state index >= 15 is 0 Å². The molecule has 2 saturated carbocycles. The van der Waals surface area contributed by atoms with E-state index in [-0.39, 0.29) is 42.7 Å². The summed E-state index contributed by atoms with van der Waals surface area (Å²) in [6.45, 7) is 2.87. The summed E-state index contributed by atoms with van der Waals surface area (Å²) in [4.78, 5) is 27.0. The van der Waals surface area contributed by atoms with E-state index in [1.165, 1.54) is 0 Å². The number of benzene rings is 1. The maximum atomic E-state index is 13.0. The lowest BCUT2D eigenvalue weighted by Gasteiger charge is -2.31. The molecule has 11 heteroatoms. The van der Waals surface area contributed by atoms with Crippen molar-refractivity contribution in [2.45, 2.75) is 63.7 Å². The summed E-state index contributed by atoms with van der Waals surface area (Å²) in [5.74, 6) is 0.713. The molecule has 2 aliphatic carbocycles. The Kier molecular flexibility index (Phi) is 7.74. The smallest absolute Gasteiger partial charge is 0.355 e. The highest BCUT2D eigenvalue weighted by Gasteiger charge is 2.47. The average molecular weight is 549 g/mol. The second-order valence-corrected chi connectivity index (χ2v) is 10.5. The van der Waals surface area contributed by atoms with E-state index in [4.69, 9.17) is 37.2 Å². The monoisotopic (exact) mass is 548 g/mol. The Balaban J connectivity index is 1.24. The van der Waals surface area contributed by atoms with Gasteiger partial charge in [0.15, 0.2) is 5.71 Å². The topological polar surface area (TPSA) is 106 Å². The number of esters is 1. The number of carbonyl (C=O) groups is 2. The third kappa shape index (κ3) is 5.35. The molecular formula is C26H30Cl2N4O5. The molecule has 3 atom stereocenters. The van der Waals surface area contributed by atoms with Crippen molar-refractivity contribution in [1.82, 2.24) is 15.5 Å². The summed E-state index contributed by atoms with van der Waals surface area (Å²) in [6, 6.07) is 5.45. The van der Waals surface area contributed by atoms with Crippen molar-refractivity contribution in [3.05, 3.63) is 39.6 Å². The van der Waals surface area contributed by atoms with Crippen LogP contribution in [0.2, 0.25) is 10.0 Å². The van der Waals surface area contributed by atoms with Gasteiger partial charge in [-0.1, -0.05) is 34.4 Å². The summed E-state index contributed by atoms with van der Waals surface area (Å²) >= 11 is 12.9. The highest BCUT2D eigenvalue weighted by Crippen LogP contribution is 2.47. The van der Waals surface area contributed by atoms with Crippen LogP contribution >= 0.6 is 23.2 Å². The number of hydrazone groups is 1. The maximum absolute atomic E-state index is 13.0. The minimum Gasteiger partial charge on any atom is -0.461 e. The summed E-state index contributed by atoms with van der Waals surface area (Å²) in [5.41, 5.74) is 4.85. The van der Waals surface area contributed by atoms with Gasteiger partial charge in [0.25, 0.3) is 0 Å². The molecule has 1 aliphatic heterocycles. The van der Waals surface area contributed by atoms with Crippen molar-refractivity contribution in [2.24, 2.45) is 11.0 Å². The minimum absolute atomic E-state index is 0.0149. The minimum atomic E-state index is -0.578. The highest BCUT2D eigenvalue weighted by atomic mass is 35.5. The van der Waals surface area contributed by atoms with Crippen molar-refractivity contribution in [1.29, 1.82) is 0 Å². The molecule has 2 heterocycles. The number of aromatic nitrogens is 1. The average Bonchev–Trinajstić information content (AvgIpc) is 3.32. The first-order valence-corrected chi connectivity index (χ1v) is 13.4. The lowest BCUT2D eigenvalue weighted by molar-refractivity contribution is -0.137. The van der Waals surface area contributed by atoms with Gasteiger partial charge in [-0.3, -0.25) is 4.79 Å². The highest BCUT2D eigenvalue weighted by molar-refractivity contribution is 6.40. The lowest BCUT2D eigenvalue weighted by Crippen LogP contribution is -2.43. The number of likely N-dealkylation sites (tertiary alicyclic amines) is 1. The number of carbonyl (C=O) groups excluding carboxylic acids is 2. The number of amides is 1. The Morgan fingerprint density at radius 1 is 1.24 bits per heavy atom. The second kappa shape index (κ2) is 11.0. The van der Waals surface area contributed by atoms with Crippen LogP contribution < -0.4 is 5.43 Å². The van der Waals surface area contributed by atoms with Gasteiger partial charge in [-0.15, -0.1) is 0 Å². The Morgan fingerprint density at radius 2 is 2.00 bits per heavy atom. The molecule has 1 N–H and O–H groups in total. The molecule has 37 heavy (non-hydrogen) atoms. The summed E-state index contributed by atoms with van der Waals surface area (Å²) < 4.78 is 17.2. The molecule has 1 aromatic carbocycles. The van der Waals surface area contributed by atoms with E-state index in [1.54, 1.807) is 32.2 Å². The molecule has 0 radical (unpaired) electrons. The van der Waals surface area contributed by atoms with Crippen LogP contribution in [-0.4, -0.2) is 60.0 Å². The summed E-state index contributed by atoms with van der Waals surface area (Å²) in [6.07, 6.45) is 3.65. The van der Waals surface area contributed by atoms with Crippen LogP contribution in [0.25, 0.3) is 11.3 Å². The molecule has 198 valence electrons. The predicted octanol–water partition coefficient (Wildman–Crippen LogP) is 4.56. The predicted molar refractivity (Wildman–Crippen MR) is 138 cm³/mol. The van der Waals surface area contributed by atoms with Gasteiger partial charge in [0.05, 0.1) is 35.8 Å². The van der Waals surface area contributed by atoms with Crippen molar-refractivity contribution < 1.29 is 23.6 Å². The number of hydrogen-bond acceptors (Lipinski definition) is 8. The number of piperidine rings is 1. The van der Waals surface area contributed by atoms with Gasteiger partial charge >= 0.3 is 5.97 Å². The molecule has 1 aromatic heterocycles. The first kappa shape index (κ1) is 26.0. The fourth-order valence-electron chi connectivity index (χ4n) is 5.41. The van der Waals surface area contributed by atoms with Crippen LogP contribution in [0, 0.1) is 5.92 Å². The van der Waals surface area contributed by atoms with Gasteiger partial charge in [-0.2, -0.15) is 5.10 Å². The standard InChI is InChI=1S/C26H30Cl2N4O5/c1-3-35-26(34)20(30-29-2)11-22(33)32-12-15-9-16(32)10-21(15)36-13-17-24(31-37-25(17)14-7-8-14)23-18(27)5-4-6-19(23)28/h4-6,14-16,21,29H,3,7-13H2,1-2H3/b30-20+/t15-,16-,21+/m0/s1. The van der Waals surface area contributed by atoms with Crippen molar-refractivity contribution >= 4 is 40.8 Å². The molecule has 5 rings (SSSR count). The van der Waals surface area contributed by atoms with E-state index in [0.29, 0.717) is 40.4 Å².